The number of carboxylic acid groups (broad SMARTS) is 1. The van der Waals surface area contributed by atoms with Crippen molar-refractivity contribution in [2.24, 2.45) is 11.3 Å². The summed E-state index contributed by atoms with van der Waals surface area (Å²) in [5.41, 5.74) is 0.960. The normalized spacial score (nSPS) is 20.3. The summed E-state index contributed by atoms with van der Waals surface area (Å²) < 4.78 is 0. The van der Waals surface area contributed by atoms with Crippen LogP contribution in [-0.4, -0.2) is 17.0 Å². The fourth-order valence-corrected chi connectivity index (χ4v) is 2.16. The lowest BCUT2D eigenvalue weighted by atomic mass is 10.1. The zero-order valence-electron chi connectivity index (χ0n) is 11.7. The van der Waals surface area contributed by atoms with E-state index in [1.54, 1.807) is 6.08 Å². The van der Waals surface area contributed by atoms with Crippen molar-refractivity contribution in [3.63, 3.8) is 0 Å². The standard InChI is InChI=1S/C16H19NO3/c1-16(2)10-12(16)14(18)17-13(15(19)20)9-8-11-6-4-3-5-7-11/h3-7,9,12H,8,10H2,1-2H3,(H,17,18)(H,19,20)/b13-9-. The summed E-state index contributed by atoms with van der Waals surface area (Å²) in [5.74, 6) is -1.38. The second-order valence-corrected chi connectivity index (χ2v) is 5.85. The maximum atomic E-state index is 11.9. The summed E-state index contributed by atoms with van der Waals surface area (Å²) in [6.07, 6.45) is 2.84. The van der Waals surface area contributed by atoms with Crippen LogP contribution in [0.25, 0.3) is 0 Å². The molecule has 1 amide bonds. The first-order valence-corrected chi connectivity index (χ1v) is 6.68. The average Bonchev–Trinajstić information content (AvgIpc) is 3.04. The number of rotatable bonds is 5. The molecule has 2 N–H and O–H groups in total. The molecule has 106 valence electrons. The monoisotopic (exact) mass is 273 g/mol. The van der Waals surface area contributed by atoms with Crippen LogP contribution in [0.5, 0.6) is 0 Å². The highest BCUT2D eigenvalue weighted by Gasteiger charge is 2.50. The lowest BCUT2D eigenvalue weighted by Gasteiger charge is -2.07. The molecule has 0 spiro atoms. The minimum Gasteiger partial charge on any atom is -0.477 e. The molecule has 0 aliphatic heterocycles. The molecular weight excluding hydrogens is 254 g/mol. The highest BCUT2D eigenvalue weighted by molar-refractivity contribution is 5.94. The van der Waals surface area contributed by atoms with Crippen molar-refractivity contribution < 1.29 is 14.7 Å². The first-order chi connectivity index (χ1) is 9.40. The number of hydrogen-bond acceptors (Lipinski definition) is 2. The Morgan fingerprint density at radius 1 is 1.35 bits per heavy atom. The Kier molecular flexibility index (Phi) is 3.93. The van der Waals surface area contributed by atoms with Gasteiger partial charge in [0.25, 0.3) is 0 Å². The summed E-state index contributed by atoms with van der Waals surface area (Å²) in [5, 5.41) is 11.7. The first kappa shape index (κ1) is 14.3. The number of hydrogen-bond donors (Lipinski definition) is 2. The zero-order chi connectivity index (χ0) is 14.8. The van der Waals surface area contributed by atoms with Crippen LogP contribution >= 0.6 is 0 Å². The minimum absolute atomic E-state index is 0.00682. The molecule has 2 rings (SSSR count). The van der Waals surface area contributed by atoms with Crippen molar-refractivity contribution >= 4 is 11.9 Å². The van der Waals surface area contributed by atoms with E-state index in [-0.39, 0.29) is 22.9 Å². The highest BCUT2D eigenvalue weighted by atomic mass is 16.4. The lowest BCUT2D eigenvalue weighted by Crippen LogP contribution is -2.29. The third-order valence-electron chi connectivity index (χ3n) is 3.70. The molecule has 0 aromatic heterocycles. The van der Waals surface area contributed by atoms with Crippen LogP contribution in [0.1, 0.15) is 25.8 Å². The molecule has 1 aliphatic carbocycles. The van der Waals surface area contributed by atoms with Crippen LogP contribution in [-0.2, 0) is 16.0 Å². The summed E-state index contributed by atoms with van der Waals surface area (Å²) in [7, 11) is 0. The van der Waals surface area contributed by atoms with Crippen LogP contribution in [0.4, 0.5) is 0 Å². The lowest BCUT2D eigenvalue weighted by molar-refractivity contribution is -0.135. The third kappa shape index (κ3) is 3.47. The van der Waals surface area contributed by atoms with E-state index < -0.39 is 5.97 Å². The third-order valence-corrected chi connectivity index (χ3v) is 3.70. The highest BCUT2D eigenvalue weighted by Crippen LogP contribution is 2.51. The van der Waals surface area contributed by atoms with Crippen LogP contribution in [0.3, 0.4) is 0 Å². The minimum atomic E-state index is -1.10. The molecule has 1 unspecified atom stereocenters. The van der Waals surface area contributed by atoms with Crippen LogP contribution in [0, 0.1) is 11.3 Å². The number of aliphatic carboxylic acids is 1. The maximum absolute atomic E-state index is 11.9. The maximum Gasteiger partial charge on any atom is 0.352 e. The van der Waals surface area contributed by atoms with Crippen LogP contribution in [0.15, 0.2) is 42.1 Å². The van der Waals surface area contributed by atoms with Gasteiger partial charge in [-0.3, -0.25) is 4.79 Å². The molecule has 1 aromatic carbocycles. The smallest absolute Gasteiger partial charge is 0.352 e. The number of nitrogens with one attached hydrogen (secondary N) is 1. The molecule has 4 heteroatoms. The van der Waals surface area contributed by atoms with E-state index in [0.717, 1.165) is 12.0 Å². The number of allylic oxidation sites excluding steroid dienone is 1. The summed E-state index contributed by atoms with van der Waals surface area (Å²) in [6, 6.07) is 9.54. The van der Waals surface area contributed by atoms with Gasteiger partial charge in [0.05, 0.1) is 0 Å². The van der Waals surface area contributed by atoms with Gasteiger partial charge in [-0.1, -0.05) is 44.2 Å². The second-order valence-electron chi connectivity index (χ2n) is 5.85. The van der Waals surface area contributed by atoms with Crippen molar-refractivity contribution in [3.05, 3.63) is 47.7 Å². The molecule has 1 saturated carbocycles. The Hall–Kier alpha value is -2.10. The van der Waals surface area contributed by atoms with Gasteiger partial charge in [-0.05, 0) is 29.9 Å². The molecule has 0 radical (unpaired) electrons. The van der Waals surface area contributed by atoms with E-state index in [1.165, 1.54) is 0 Å². The van der Waals surface area contributed by atoms with Crippen molar-refractivity contribution in [1.29, 1.82) is 0 Å². The van der Waals surface area contributed by atoms with Gasteiger partial charge in [0.1, 0.15) is 5.70 Å². The summed E-state index contributed by atoms with van der Waals surface area (Å²) in [4.78, 5) is 23.1. The first-order valence-electron chi connectivity index (χ1n) is 6.68. The van der Waals surface area contributed by atoms with E-state index in [1.807, 2.05) is 44.2 Å². The summed E-state index contributed by atoms with van der Waals surface area (Å²) in [6.45, 7) is 4.01. The topological polar surface area (TPSA) is 66.4 Å². The van der Waals surface area contributed by atoms with Gasteiger partial charge in [-0.2, -0.15) is 0 Å². The summed E-state index contributed by atoms with van der Waals surface area (Å²) >= 11 is 0. The largest absolute Gasteiger partial charge is 0.477 e. The number of amides is 1. The Bertz CT molecular complexity index is 546. The molecule has 4 nitrogen and oxygen atoms in total. The fourth-order valence-electron chi connectivity index (χ4n) is 2.16. The quantitative estimate of drug-likeness (QED) is 0.809. The van der Waals surface area contributed by atoms with Crippen LogP contribution in [0.2, 0.25) is 0 Å². The Balaban J connectivity index is 2.00. The van der Waals surface area contributed by atoms with Gasteiger partial charge in [-0.15, -0.1) is 0 Å². The van der Waals surface area contributed by atoms with Gasteiger partial charge in [0, 0.05) is 5.92 Å². The van der Waals surface area contributed by atoms with E-state index in [4.69, 9.17) is 5.11 Å². The Morgan fingerprint density at radius 3 is 2.45 bits per heavy atom. The second kappa shape index (κ2) is 5.49. The van der Waals surface area contributed by atoms with Gasteiger partial charge < -0.3 is 10.4 Å². The number of carbonyl (C=O) groups excluding carboxylic acids is 1. The molecule has 0 saturated heterocycles. The zero-order valence-corrected chi connectivity index (χ0v) is 11.7. The molecule has 0 bridgehead atoms. The van der Waals surface area contributed by atoms with Crippen molar-refractivity contribution in [3.8, 4) is 0 Å². The number of benzene rings is 1. The van der Waals surface area contributed by atoms with E-state index in [2.05, 4.69) is 5.32 Å². The molecule has 1 aliphatic rings. The van der Waals surface area contributed by atoms with Crippen LogP contribution < -0.4 is 5.32 Å². The average molecular weight is 273 g/mol. The molecule has 1 aromatic rings. The predicted octanol–water partition coefficient (Wildman–Crippen LogP) is 2.36. The predicted molar refractivity (Wildman–Crippen MR) is 75.9 cm³/mol. The van der Waals surface area contributed by atoms with Crippen molar-refractivity contribution in [1.82, 2.24) is 5.32 Å². The van der Waals surface area contributed by atoms with E-state index >= 15 is 0 Å². The number of carboxylic acids is 1. The molecule has 20 heavy (non-hydrogen) atoms. The SMILES string of the molecule is CC1(C)CC1C(=O)N/C(=C\Cc1ccccc1)C(=O)O. The van der Waals surface area contributed by atoms with E-state index in [0.29, 0.717) is 6.42 Å². The Labute approximate surface area is 118 Å². The van der Waals surface area contributed by atoms with Gasteiger partial charge in [-0.25, -0.2) is 4.79 Å². The fraction of sp³-hybridized carbons (Fsp3) is 0.375. The van der Waals surface area contributed by atoms with Crippen molar-refractivity contribution in [2.75, 3.05) is 0 Å². The van der Waals surface area contributed by atoms with Gasteiger partial charge in [0.15, 0.2) is 0 Å². The van der Waals surface area contributed by atoms with E-state index in [9.17, 15) is 9.59 Å². The molecule has 1 atom stereocenters. The molecule has 1 fully saturated rings. The van der Waals surface area contributed by atoms with Crippen molar-refractivity contribution in [2.45, 2.75) is 26.7 Å². The molecular formula is C16H19NO3. The Morgan fingerprint density at radius 2 is 1.95 bits per heavy atom. The molecule has 0 heterocycles. The number of carbonyl (C=O) groups is 2. The van der Waals surface area contributed by atoms with Gasteiger partial charge >= 0.3 is 5.97 Å². The van der Waals surface area contributed by atoms with Gasteiger partial charge in [0.2, 0.25) is 5.91 Å².